The number of esters is 1. The zero-order valence-electron chi connectivity index (χ0n) is 22.4. The third kappa shape index (κ3) is 5.79. The van der Waals surface area contributed by atoms with Gasteiger partial charge in [-0.3, -0.25) is 9.59 Å². The van der Waals surface area contributed by atoms with Crippen LogP contribution in [0.1, 0.15) is 50.2 Å². The maximum Gasteiger partial charge on any atom is 0.338 e. The molecule has 0 radical (unpaired) electrons. The first-order chi connectivity index (χ1) is 18.9. The Morgan fingerprint density at radius 2 is 1.72 bits per heavy atom. The van der Waals surface area contributed by atoms with Gasteiger partial charge in [-0.05, 0) is 54.3 Å². The number of amides is 2. The van der Waals surface area contributed by atoms with Crippen molar-refractivity contribution in [3.05, 3.63) is 94.7 Å². The molecule has 0 aliphatic carbocycles. The summed E-state index contributed by atoms with van der Waals surface area (Å²) < 4.78 is 5.51. The van der Waals surface area contributed by atoms with Crippen molar-refractivity contribution >= 4 is 23.6 Å². The molecule has 3 heterocycles. The quantitative estimate of drug-likeness (QED) is 0.473. The van der Waals surface area contributed by atoms with Crippen molar-refractivity contribution in [2.45, 2.75) is 26.2 Å². The van der Waals surface area contributed by atoms with E-state index in [0.717, 1.165) is 36.5 Å². The van der Waals surface area contributed by atoms with E-state index in [0.29, 0.717) is 30.8 Å². The number of aromatic nitrogens is 1. The summed E-state index contributed by atoms with van der Waals surface area (Å²) in [6, 6.07) is 18.3. The summed E-state index contributed by atoms with van der Waals surface area (Å²) in [5.74, 6) is -0.140. The molecule has 2 aromatic carbocycles. The second-order valence-electron chi connectivity index (χ2n) is 10.2. The molecule has 1 aromatic heterocycles. The molecule has 5 rings (SSSR count). The molecule has 0 bridgehead atoms. The Hall–Kier alpha value is -4.20. The van der Waals surface area contributed by atoms with Crippen LogP contribution >= 0.6 is 0 Å². The number of nitrogens with zero attached hydrogens (tertiary/aromatic N) is 3. The van der Waals surface area contributed by atoms with Gasteiger partial charge in [-0.1, -0.05) is 43.3 Å². The minimum atomic E-state index is -0.434. The van der Waals surface area contributed by atoms with Gasteiger partial charge in [0.1, 0.15) is 5.82 Å². The Balaban J connectivity index is 1.18. The molecule has 202 valence electrons. The molecule has 2 atom stereocenters. The van der Waals surface area contributed by atoms with Crippen LogP contribution in [0.5, 0.6) is 0 Å². The van der Waals surface area contributed by atoms with Gasteiger partial charge >= 0.3 is 5.97 Å². The largest absolute Gasteiger partial charge is 0.462 e. The molecule has 0 spiro atoms. The second-order valence-corrected chi connectivity index (χ2v) is 10.2. The standard InChI is InChI=1S/C31H34N4O4/c1-3-22-17-21(2)28(32-18-22)34-13-15-35(16-14-34)30(37)24-11-9-23(10-12-24)27-26(19-33-29(27)36)20-39-31(38)25-7-5-4-6-8-25/h4-12,17-18,26-27H,3,13-16,19-20H2,1-2H3,(H,33,36)/t26?,27-/m0/s1. The minimum absolute atomic E-state index is 0.0172. The van der Waals surface area contributed by atoms with Gasteiger partial charge in [0.25, 0.3) is 5.91 Å². The highest BCUT2D eigenvalue weighted by atomic mass is 16.5. The van der Waals surface area contributed by atoms with Crippen LogP contribution in [0.25, 0.3) is 0 Å². The fourth-order valence-electron chi connectivity index (χ4n) is 5.38. The molecule has 8 nitrogen and oxygen atoms in total. The van der Waals surface area contributed by atoms with Crippen molar-refractivity contribution in [3.8, 4) is 0 Å². The van der Waals surface area contributed by atoms with E-state index < -0.39 is 11.9 Å². The average Bonchev–Trinajstić information content (AvgIpc) is 3.36. The molecule has 2 aliphatic rings. The molecule has 1 unspecified atom stereocenters. The molecule has 2 saturated heterocycles. The van der Waals surface area contributed by atoms with Crippen LogP contribution in [0.3, 0.4) is 0 Å². The lowest BCUT2D eigenvalue weighted by atomic mass is 9.88. The van der Waals surface area contributed by atoms with Crippen molar-refractivity contribution in [3.63, 3.8) is 0 Å². The Bertz CT molecular complexity index is 1330. The highest BCUT2D eigenvalue weighted by Crippen LogP contribution is 2.30. The molecule has 1 N–H and O–H groups in total. The summed E-state index contributed by atoms with van der Waals surface area (Å²) in [6.07, 6.45) is 2.90. The number of piperazine rings is 1. The fraction of sp³-hybridized carbons (Fsp3) is 0.355. The van der Waals surface area contributed by atoms with Crippen LogP contribution in [-0.4, -0.2) is 67.0 Å². The molecule has 0 saturated carbocycles. The Morgan fingerprint density at radius 1 is 1.00 bits per heavy atom. The summed E-state index contributed by atoms with van der Waals surface area (Å²) in [5.41, 5.74) is 4.27. The molecule has 2 fully saturated rings. The number of aryl methyl sites for hydroxylation is 2. The number of nitrogens with one attached hydrogen (secondary N) is 1. The average molecular weight is 527 g/mol. The Morgan fingerprint density at radius 3 is 2.38 bits per heavy atom. The van der Waals surface area contributed by atoms with E-state index in [9.17, 15) is 14.4 Å². The Labute approximate surface area is 229 Å². The topological polar surface area (TPSA) is 91.8 Å². The highest BCUT2D eigenvalue weighted by molar-refractivity contribution is 5.95. The van der Waals surface area contributed by atoms with Gasteiger partial charge in [0, 0.05) is 50.4 Å². The van der Waals surface area contributed by atoms with Crippen molar-refractivity contribution in [1.82, 2.24) is 15.2 Å². The van der Waals surface area contributed by atoms with Crippen LogP contribution in [-0.2, 0) is 16.0 Å². The maximum absolute atomic E-state index is 13.2. The van der Waals surface area contributed by atoms with Gasteiger partial charge in [0.2, 0.25) is 5.91 Å². The molecule has 3 aromatic rings. The fourth-order valence-corrected chi connectivity index (χ4v) is 5.38. The SMILES string of the molecule is CCc1cnc(N2CCN(C(=O)c3ccc([C@@H]4C(=O)NCC4COC(=O)c4ccccc4)cc3)CC2)c(C)c1. The van der Waals surface area contributed by atoms with Gasteiger partial charge in [0.05, 0.1) is 18.1 Å². The monoisotopic (exact) mass is 526 g/mol. The van der Waals surface area contributed by atoms with Crippen LogP contribution in [0, 0.1) is 12.8 Å². The molecular weight excluding hydrogens is 492 g/mol. The Kier molecular flexibility index (Phi) is 7.91. The lowest BCUT2D eigenvalue weighted by Gasteiger charge is -2.36. The number of carbonyl (C=O) groups excluding carboxylic acids is 3. The lowest BCUT2D eigenvalue weighted by Crippen LogP contribution is -2.49. The van der Waals surface area contributed by atoms with Crippen LogP contribution in [0.2, 0.25) is 0 Å². The highest BCUT2D eigenvalue weighted by Gasteiger charge is 2.37. The van der Waals surface area contributed by atoms with Gasteiger partial charge in [-0.2, -0.15) is 0 Å². The summed E-state index contributed by atoms with van der Waals surface area (Å²) in [5, 5.41) is 2.88. The summed E-state index contributed by atoms with van der Waals surface area (Å²) in [4.78, 5) is 47.0. The van der Waals surface area contributed by atoms with Crippen molar-refractivity contribution < 1.29 is 19.1 Å². The van der Waals surface area contributed by atoms with Crippen LogP contribution in [0.4, 0.5) is 5.82 Å². The van der Waals surface area contributed by atoms with E-state index in [4.69, 9.17) is 4.74 Å². The number of anilines is 1. The number of hydrogen-bond donors (Lipinski definition) is 1. The van der Waals surface area contributed by atoms with Gasteiger partial charge < -0.3 is 19.9 Å². The number of carbonyl (C=O) groups is 3. The third-order valence-electron chi connectivity index (χ3n) is 7.63. The summed E-state index contributed by atoms with van der Waals surface area (Å²) >= 11 is 0. The van der Waals surface area contributed by atoms with Crippen molar-refractivity contribution in [2.75, 3.05) is 44.2 Å². The zero-order valence-corrected chi connectivity index (χ0v) is 22.4. The first kappa shape index (κ1) is 26.4. The van der Waals surface area contributed by atoms with E-state index in [1.165, 1.54) is 5.56 Å². The predicted molar refractivity (Wildman–Crippen MR) is 149 cm³/mol. The number of benzene rings is 2. The van der Waals surface area contributed by atoms with Gasteiger partial charge in [-0.25, -0.2) is 9.78 Å². The minimum Gasteiger partial charge on any atom is -0.462 e. The van der Waals surface area contributed by atoms with Gasteiger partial charge in [-0.15, -0.1) is 0 Å². The number of hydrogen-bond acceptors (Lipinski definition) is 6. The van der Waals surface area contributed by atoms with Crippen LogP contribution < -0.4 is 10.2 Å². The molecule has 2 amide bonds. The maximum atomic E-state index is 13.2. The third-order valence-corrected chi connectivity index (χ3v) is 7.63. The first-order valence-corrected chi connectivity index (χ1v) is 13.5. The predicted octanol–water partition coefficient (Wildman–Crippen LogP) is 3.60. The number of rotatable bonds is 7. The van der Waals surface area contributed by atoms with Gasteiger partial charge in [0.15, 0.2) is 0 Å². The molecule has 2 aliphatic heterocycles. The number of ether oxygens (including phenoxy) is 1. The van der Waals surface area contributed by atoms with E-state index >= 15 is 0 Å². The molecule has 8 heteroatoms. The van der Waals surface area contributed by atoms with Crippen molar-refractivity contribution in [2.24, 2.45) is 5.92 Å². The lowest BCUT2D eigenvalue weighted by molar-refractivity contribution is -0.120. The smallest absolute Gasteiger partial charge is 0.338 e. The van der Waals surface area contributed by atoms with E-state index in [1.54, 1.807) is 36.4 Å². The van der Waals surface area contributed by atoms with E-state index in [2.05, 4.69) is 35.1 Å². The molecular formula is C31H34N4O4. The number of pyridine rings is 1. The second kappa shape index (κ2) is 11.7. The summed E-state index contributed by atoms with van der Waals surface area (Å²) in [6.45, 7) is 7.49. The zero-order chi connectivity index (χ0) is 27.4. The van der Waals surface area contributed by atoms with Crippen molar-refractivity contribution in [1.29, 1.82) is 0 Å². The first-order valence-electron chi connectivity index (χ1n) is 13.5. The normalized spacial score (nSPS) is 19.1. The van der Waals surface area contributed by atoms with E-state index in [-0.39, 0.29) is 24.3 Å². The van der Waals surface area contributed by atoms with E-state index in [1.807, 2.05) is 29.3 Å². The molecule has 39 heavy (non-hydrogen) atoms. The van der Waals surface area contributed by atoms with Crippen LogP contribution in [0.15, 0.2) is 66.9 Å². The summed E-state index contributed by atoms with van der Waals surface area (Å²) in [7, 11) is 0.